The average Bonchev–Trinajstić information content (AvgIpc) is 3.21. The van der Waals surface area contributed by atoms with Gasteiger partial charge < -0.3 is 47.8 Å². The van der Waals surface area contributed by atoms with Gasteiger partial charge in [0.05, 0.1) is 40.8 Å². The number of Topliss-reactive ketones (excluding diaryl/α,β-unsaturated/α-hetero) is 1. The molecule has 0 saturated heterocycles. The number of ketones is 1. The van der Waals surface area contributed by atoms with Crippen molar-refractivity contribution in [2.45, 2.75) is 38.3 Å². The van der Waals surface area contributed by atoms with Crippen molar-refractivity contribution in [1.29, 1.82) is 0 Å². The van der Waals surface area contributed by atoms with E-state index in [1.165, 1.54) is 0 Å². The number of aliphatic hydroxyl groups excluding tert-OH is 1. The number of carbonyl (C=O) groups excluding carboxylic acids is 1. The molecular formula is C24H30INO5. The van der Waals surface area contributed by atoms with Gasteiger partial charge in [0.2, 0.25) is 6.79 Å². The molecule has 168 valence electrons. The van der Waals surface area contributed by atoms with E-state index in [1.54, 1.807) is 7.11 Å². The van der Waals surface area contributed by atoms with E-state index in [1.807, 2.05) is 30.3 Å². The van der Waals surface area contributed by atoms with Crippen molar-refractivity contribution in [2.75, 3.05) is 34.5 Å². The highest BCUT2D eigenvalue weighted by Gasteiger charge is 2.41. The first-order valence-electron chi connectivity index (χ1n) is 10.5. The van der Waals surface area contributed by atoms with Crippen LogP contribution in [0.15, 0.2) is 30.3 Å². The third-order valence-corrected chi connectivity index (χ3v) is 6.47. The maximum Gasteiger partial charge on any atom is 0.231 e. The lowest BCUT2D eigenvalue weighted by Crippen LogP contribution is -3.00. The molecule has 2 aromatic carbocycles. The Morgan fingerprint density at radius 3 is 2.77 bits per heavy atom. The Bertz CT molecular complexity index is 959. The number of hydrogen-bond donors (Lipinski definition) is 1. The molecule has 2 heterocycles. The van der Waals surface area contributed by atoms with Crippen LogP contribution in [-0.4, -0.2) is 49.9 Å². The van der Waals surface area contributed by atoms with Crippen LogP contribution in [-0.2, 0) is 24.2 Å². The van der Waals surface area contributed by atoms with Crippen molar-refractivity contribution >= 4 is 5.78 Å². The van der Waals surface area contributed by atoms with Crippen LogP contribution >= 0.6 is 0 Å². The summed E-state index contributed by atoms with van der Waals surface area (Å²) >= 11 is 0. The van der Waals surface area contributed by atoms with Gasteiger partial charge in [-0.25, -0.2) is 0 Å². The van der Waals surface area contributed by atoms with Crippen LogP contribution in [0.3, 0.4) is 0 Å². The first-order valence-corrected chi connectivity index (χ1v) is 10.5. The Morgan fingerprint density at radius 1 is 1.26 bits per heavy atom. The number of nitrogens with zero attached hydrogens (tertiary/aromatic N) is 1. The average molecular weight is 539 g/mol. The number of ether oxygens (including phenoxy) is 3. The molecule has 0 radical (unpaired) electrons. The third kappa shape index (κ3) is 4.68. The van der Waals surface area contributed by atoms with Gasteiger partial charge in [0, 0.05) is 24.0 Å². The van der Waals surface area contributed by atoms with Gasteiger partial charge in [-0.05, 0) is 29.7 Å². The van der Waals surface area contributed by atoms with Crippen molar-refractivity contribution in [3.05, 3.63) is 52.6 Å². The van der Waals surface area contributed by atoms with Gasteiger partial charge in [-0.3, -0.25) is 4.79 Å². The number of aryl methyl sites for hydroxylation is 1. The Morgan fingerprint density at radius 2 is 2.03 bits per heavy atom. The maximum atomic E-state index is 13.0. The van der Waals surface area contributed by atoms with E-state index in [0.717, 1.165) is 41.0 Å². The van der Waals surface area contributed by atoms with E-state index >= 15 is 0 Å². The molecule has 2 aromatic rings. The maximum absolute atomic E-state index is 13.0. The van der Waals surface area contributed by atoms with Crippen molar-refractivity contribution < 1.29 is 52.6 Å². The van der Waals surface area contributed by atoms with Gasteiger partial charge in [-0.15, -0.1) is 0 Å². The van der Waals surface area contributed by atoms with Crippen molar-refractivity contribution in [2.24, 2.45) is 0 Å². The fourth-order valence-corrected chi connectivity index (χ4v) is 4.73. The molecule has 4 rings (SSSR count). The highest BCUT2D eigenvalue weighted by molar-refractivity contribution is 5.79. The topological polar surface area (TPSA) is 65.0 Å². The summed E-state index contributed by atoms with van der Waals surface area (Å²) in [5.41, 5.74) is 4.03. The summed E-state index contributed by atoms with van der Waals surface area (Å²) in [6.07, 6.45) is 2.44. The number of aliphatic hydroxyl groups is 1. The fourth-order valence-electron chi connectivity index (χ4n) is 4.73. The lowest BCUT2D eigenvalue weighted by atomic mass is 9.83. The standard InChI is InChI=1S/C24H30NO5.HI/c1-25(2)11-10-17-12-22-24(30-15-29-22)19(14-26)23(17)20(25)13-18(27)9-8-16-6-4-5-7-21(16)28-3;/h4-7,12,20,26H,8-11,13-15H2,1-3H3;1H/q+1;/p-1. The van der Waals surface area contributed by atoms with E-state index in [4.69, 9.17) is 14.2 Å². The summed E-state index contributed by atoms with van der Waals surface area (Å²) in [5, 5.41) is 10.1. The number of fused-ring (bicyclic) bond motifs is 2. The highest BCUT2D eigenvalue weighted by Crippen LogP contribution is 2.47. The van der Waals surface area contributed by atoms with Crippen molar-refractivity contribution in [3.8, 4) is 17.2 Å². The number of methoxy groups -OCH3 is 1. The normalized spacial score (nSPS) is 18.1. The van der Waals surface area contributed by atoms with Crippen LogP contribution in [0.1, 0.15) is 41.1 Å². The van der Waals surface area contributed by atoms with Crippen LogP contribution in [0.2, 0.25) is 0 Å². The Hall–Kier alpha value is -1.84. The first-order chi connectivity index (χ1) is 14.4. The molecule has 1 unspecified atom stereocenters. The summed E-state index contributed by atoms with van der Waals surface area (Å²) in [6.45, 7) is 0.981. The highest BCUT2D eigenvalue weighted by atomic mass is 127. The first kappa shape index (κ1) is 23.8. The molecule has 2 aliphatic rings. The van der Waals surface area contributed by atoms with Crippen LogP contribution < -0.4 is 38.2 Å². The molecule has 0 saturated carbocycles. The quantitative estimate of drug-likeness (QED) is 0.402. The van der Waals surface area contributed by atoms with Gasteiger partial charge in [0.25, 0.3) is 0 Å². The minimum Gasteiger partial charge on any atom is -1.00 e. The summed E-state index contributed by atoms with van der Waals surface area (Å²) in [7, 11) is 5.97. The molecule has 0 aliphatic carbocycles. The molecule has 6 nitrogen and oxygen atoms in total. The number of likely N-dealkylation sites (N-methyl/N-ethyl adjacent to an activating group) is 1. The van der Waals surface area contributed by atoms with E-state index < -0.39 is 0 Å². The Labute approximate surface area is 200 Å². The number of carbonyl (C=O) groups is 1. The number of quaternary nitrogens is 1. The SMILES string of the molecule is COc1ccccc1CCC(=O)CC1c2c(cc3c(c2CO)OCO3)CC[N+]1(C)C.[I-]. The second kappa shape index (κ2) is 9.75. The Balaban J connectivity index is 0.00000272. The van der Waals surface area contributed by atoms with Gasteiger partial charge in [0.15, 0.2) is 11.5 Å². The minimum absolute atomic E-state index is 0. The minimum atomic E-state index is -0.124. The molecule has 0 aromatic heterocycles. The molecule has 7 heteroatoms. The van der Waals surface area contributed by atoms with Gasteiger partial charge in [-0.1, -0.05) is 18.2 Å². The summed E-state index contributed by atoms with van der Waals surface area (Å²) in [5.74, 6) is 2.36. The molecule has 1 atom stereocenters. The zero-order valence-electron chi connectivity index (χ0n) is 18.3. The van der Waals surface area contributed by atoms with Crippen LogP contribution in [0.5, 0.6) is 17.2 Å². The van der Waals surface area contributed by atoms with E-state index in [2.05, 4.69) is 14.1 Å². The monoisotopic (exact) mass is 539 g/mol. The van der Waals surface area contributed by atoms with E-state index in [0.29, 0.717) is 35.2 Å². The lowest BCUT2D eigenvalue weighted by molar-refractivity contribution is -0.922. The van der Waals surface area contributed by atoms with Crippen molar-refractivity contribution in [1.82, 2.24) is 0 Å². The van der Waals surface area contributed by atoms with Crippen LogP contribution in [0.25, 0.3) is 0 Å². The largest absolute Gasteiger partial charge is 1.00 e. The number of para-hydroxylation sites is 1. The predicted octanol–water partition coefficient (Wildman–Crippen LogP) is 0.186. The fraction of sp³-hybridized carbons (Fsp3) is 0.458. The van der Waals surface area contributed by atoms with Gasteiger partial charge in [0.1, 0.15) is 17.6 Å². The molecule has 0 fully saturated rings. The third-order valence-electron chi connectivity index (χ3n) is 6.47. The molecular weight excluding hydrogens is 509 g/mol. The van der Waals surface area contributed by atoms with Crippen LogP contribution in [0.4, 0.5) is 0 Å². The molecule has 0 amide bonds. The molecule has 0 spiro atoms. The summed E-state index contributed by atoms with van der Waals surface area (Å²) < 4.78 is 17.3. The number of rotatable bonds is 7. The van der Waals surface area contributed by atoms with Crippen molar-refractivity contribution in [3.63, 3.8) is 0 Å². The van der Waals surface area contributed by atoms with Gasteiger partial charge >= 0.3 is 0 Å². The van der Waals surface area contributed by atoms with E-state index in [-0.39, 0.29) is 49.2 Å². The smallest absolute Gasteiger partial charge is 0.231 e. The zero-order chi connectivity index (χ0) is 21.3. The molecule has 2 aliphatic heterocycles. The molecule has 31 heavy (non-hydrogen) atoms. The second-order valence-electron chi connectivity index (χ2n) is 8.64. The Kier molecular flexibility index (Phi) is 7.49. The summed E-state index contributed by atoms with van der Waals surface area (Å²) in [4.78, 5) is 13.0. The summed E-state index contributed by atoms with van der Waals surface area (Å²) in [6, 6.07) is 9.84. The van der Waals surface area contributed by atoms with E-state index in [9.17, 15) is 9.90 Å². The molecule has 0 bridgehead atoms. The number of benzene rings is 2. The van der Waals surface area contributed by atoms with Gasteiger partial charge in [-0.2, -0.15) is 0 Å². The van der Waals surface area contributed by atoms with Crippen LogP contribution in [0, 0.1) is 0 Å². The zero-order valence-corrected chi connectivity index (χ0v) is 20.5. The molecule has 1 N–H and O–H groups in total. The predicted molar refractivity (Wildman–Crippen MR) is 113 cm³/mol. The second-order valence-corrected chi connectivity index (χ2v) is 8.64. The number of hydrogen-bond acceptors (Lipinski definition) is 5. The lowest BCUT2D eigenvalue weighted by Gasteiger charge is -2.43. The number of halogens is 1.